The van der Waals surface area contributed by atoms with Crippen LogP contribution in [0.4, 0.5) is 0 Å². The van der Waals surface area contributed by atoms with Crippen molar-refractivity contribution in [3.63, 3.8) is 0 Å². The summed E-state index contributed by atoms with van der Waals surface area (Å²) >= 11 is 1.77. The monoisotopic (exact) mass is 219 g/mol. The average molecular weight is 219 g/mol. The van der Waals surface area contributed by atoms with Crippen molar-refractivity contribution in [2.45, 2.75) is 40.0 Å². The van der Waals surface area contributed by atoms with Gasteiger partial charge in [0.1, 0.15) is 6.07 Å². The zero-order valence-corrected chi connectivity index (χ0v) is 10.4. The van der Waals surface area contributed by atoms with Crippen LogP contribution in [0.25, 0.3) is 0 Å². The summed E-state index contributed by atoms with van der Waals surface area (Å²) in [5.41, 5.74) is 2.65. The van der Waals surface area contributed by atoms with Gasteiger partial charge in [-0.2, -0.15) is 5.26 Å². The summed E-state index contributed by atoms with van der Waals surface area (Å²) in [5.74, 6) is 0.773. The first-order valence-corrected chi connectivity index (χ1v) is 6.39. The van der Waals surface area contributed by atoms with Crippen molar-refractivity contribution in [2.75, 3.05) is 0 Å². The Hall–Kier alpha value is -0.810. The summed E-state index contributed by atoms with van der Waals surface area (Å²) in [6, 6.07) is 2.30. The Bertz CT molecular complexity index is 403. The van der Waals surface area contributed by atoms with E-state index in [1.54, 1.807) is 11.3 Å². The molecule has 0 aliphatic heterocycles. The molecule has 0 spiro atoms. The normalized spacial score (nSPS) is 20.8. The molecular formula is C13H17NS. The van der Waals surface area contributed by atoms with E-state index in [0.29, 0.717) is 5.41 Å². The molecule has 2 heteroatoms. The van der Waals surface area contributed by atoms with Gasteiger partial charge in [-0.15, -0.1) is 11.3 Å². The molecule has 15 heavy (non-hydrogen) atoms. The first-order chi connectivity index (χ1) is 7.02. The molecular weight excluding hydrogens is 202 g/mol. The van der Waals surface area contributed by atoms with Crippen LogP contribution in [0.2, 0.25) is 0 Å². The Morgan fingerprint density at radius 3 is 2.80 bits per heavy atom. The molecule has 1 unspecified atom stereocenters. The zero-order valence-electron chi connectivity index (χ0n) is 9.63. The quantitative estimate of drug-likeness (QED) is 0.651. The Balaban J connectivity index is 2.26. The fourth-order valence-corrected chi connectivity index (χ4v) is 3.45. The third kappa shape index (κ3) is 1.94. The molecule has 1 heterocycles. The molecule has 1 nitrogen and oxygen atoms in total. The van der Waals surface area contributed by atoms with Gasteiger partial charge in [0.05, 0.1) is 5.56 Å². The van der Waals surface area contributed by atoms with Gasteiger partial charge in [0.2, 0.25) is 0 Å². The maximum atomic E-state index is 8.96. The summed E-state index contributed by atoms with van der Waals surface area (Å²) in [4.78, 5) is 1.46. The third-order valence-corrected chi connectivity index (χ3v) is 4.55. The van der Waals surface area contributed by atoms with Crippen molar-refractivity contribution in [2.24, 2.45) is 11.3 Å². The van der Waals surface area contributed by atoms with Crippen molar-refractivity contribution < 1.29 is 0 Å². The van der Waals surface area contributed by atoms with Crippen molar-refractivity contribution >= 4 is 11.3 Å². The lowest BCUT2D eigenvalue weighted by molar-refractivity contribution is 0.218. The summed E-state index contributed by atoms with van der Waals surface area (Å²) in [5, 5.41) is 11.0. The molecule has 80 valence electrons. The molecule has 2 rings (SSSR count). The van der Waals surface area contributed by atoms with Crippen LogP contribution in [0.1, 0.15) is 43.2 Å². The molecule has 1 aliphatic carbocycles. The number of hydrogen-bond acceptors (Lipinski definition) is 2. The van der Waals surface area contributed by atoms with Gasteiger partial charge in [-0.1, -0.05) is 20.8 Å². The molecule has 1 aromatic rings. The van der Waals surface area contributed by atoms with Crippen LogP contribution in [0.3, 0.4) is 0 Å². The standard InChI is InChI=1S/C13H17NS/c1-13(2,3)10-4-5-11-9(7-14)8-15-12(11)6-10/h8,10H,4-6H2,1-3H3. The van der Waals surface area contributed by atoms with Crippen LogP contribution in [-0.4, -0.2) is 0 Å². The highest BCUT2D eigenvalue weighted by molar-refractivity contribution is 7.10. The molecule has 0 saturated carbocycles. The molecule has 1 aliphatic rings. The molecule has 0 saturated heterocycles. The SMILES string of the molecule is CC(C)(C)C1CCc2c(C#N)csc2C1. The van der Waals surface area contributed by atoms with Gasteiger partial charge in [-0.25, -0.2) is 0 Å². The predicted molar refractivity (Wildman–Crippen MR) is 64.0 cm³/mol. The van der Waals surface area contributed by atoms with Crippen molar-refractivity contribution in [1.29, 1.82) is 5.26 Å². The van der Waals surface area contributed by atoms with Crippen LogP contribution in [0.15, 0.2) is 5.38 Å². The number of nitrogens with zero attached hydrogens (tertiary/aromatic N) is 1. The lowest BCUT2D eigenvalue weighted by Gasteiger charge is -2.33. The summed E-state index contributed by atoms with van der Waals surface area (Å²) in [7, 11) is 0. The van der Waals surface area contributed by atoms with E-state index in [0.717, 1.165) is 17.9 Å². The highest BCUT2D eigenvalue weighted by atomic mass is 32.1. The van der Waals surface area contributed by atoms with Crippen LogP contribution in [0.5, 0.6) is 0 Å². The molecule has 1 aromatic heterocycles. The van der Waals surface area contributed by atoms with Gasteiger partial charge in [0.25, 0.3) is 0 Å². The van der Waals surface area contributed by atoms with Gasteiger partial charge in [-0.3, -0.25) is 0 Å². The maximum absolute atomic E-state index is 8.96. The maximum Gasteiger partial charge on any atom is 0.100 e. The third-order valence-electron chi connectivity index (χ3n) is 3.50. The molecule has 0 aromatic carbocycles. The molecule has 1 atom stereocenters. The highest BCUT2D eigenvalue weighted by Crippen LogP contribution is 2.40. The van der Waals surface area contributed by atoms with Crippen molar-refractivity contribution in [3.05, 3.63) is 21.4 Å². The molecule has 0 fully saturated rings. The van der Waals surface area contributed by atoms with Gasteiger partial charge >= 0.3 is 0 Å². The average Bonchev–Trinajstić information content (AvgIpc) is 2.58. The van der Waals surface area contributed by atoms with Gasteiger partial charge in [-0.05, 0) is 36.2 Å². The van der Waals surface area contributed by atoms with Gasteiger partial charge in [0, 0.05) is 10.3 Å². The highest BCUT2D eigenvalue weighted by Gasteiger charge is 2.30. The number of rotatable bonds is 0. The summed E-state index contributed by atoms with van der Waals surface area (Å²) < 4.78 is 0. The molecule has 0 bridgehead atoms. The van der Waals surface area contributed by atoms with Crippen LogP contribution in [-0.2, 0) is 12.8 Å². The Kier molecular flexibility index (Phi) is 2.60. The van der Waals surface area contributed by atoms with E-state index in [1.165, 1.54) is 23.3 Å². The topological polar surface area (TPSA) is 23.8 Å². The van der Waals surface area contributed by atoms with Crippen LogP contribution >= 0.6 is 11.3 Å². The fraction of sp³-hybridized carbons (Fsp3) is 0.615. The van der Waals surface area contributed by atoms with E-state index < -0.39 is 0 Å². The Morgan fingerprint density at radius 1 is 1.47 bits per heavy atom. The number of hydrogen-bond donors (Lipinski definition) is 0. The van der Waals surface area contributed by atoms with E-state index >= 15 is 0 Å². The molecule has 0 amide bonds. The van der Waals surface area contributed by atoms with E-state index in [4.69, 9.17) is 5.26 Å². The minimum atomic E-state index is 0.397. The van der Waals surface area contributed by atoms with E-state index in [2.05, 4.69) is 26.8 Å². The molecule has 0 N–H and O–H groups in total. The van der Waals surface area contributed by atoms with Crippen molar-refractivity contribution in [3.8, 4) is 6.07 Å². The number of fused-ring (bicyclic) bond motifs is 1. The second-order valence-corrected chi connectivity index (χ2v) is 6.43. The lowest BCUT2D eigenvalue weighted by Crippen LogP contribution is -2.26. The minimum absolute atomic E-state index is 0.397. The van der Waals surface area contributed by atoms with Crippen LogP contribution < -0.4 is 0 Å². The van der Waals surface area contributed by atoms with E-state index in [-0.39, 0.29) is 0 Å². The Morgan fingerprint density at radius 2 is 2.20 bits per heavy atom. The van der Waals surface area contributed by atoms with Gasteiger partial charge in [0.15, 0.2) is 0 Å². The fourth-order valence-electron chi connectivity index (χ4n) is 2.35. The lowest BCUT2D eigenvalue weighted by atomic mass is 9.72. The summed E-state index contributed by atoms with van der Waals surface area (Å²) in [6.45, 7) is 6.96. The minimum Gasteiger partial charge on any atom is -0.192 e. The Labute approximate surface area is 95.7 Å². The first kappa shape index (κ1) is 10.7. The van der Waals surface area contributed by atoms with Gasteiger partial charge < -0.3 is 0 Å². The second-order valence-electron chi connectivity index (χ2n) is 5.47. The largest absolute Gasteiger partial charge is 0.192 e. The van der Waals surface area contributed by atoms with Crippen molar-refractivity contribution in [1.82, 2.24) is 0 Å². The molecule has 0 radical (unpaired) electrons. The zero-order chi connectivity index (χ0) is 11.1. The second kappa shape index (κ2) is 3.64. The number of thiophene rings is 1. The van der Waals surface area contributed by atoms with E-state index in [9.17, 15) is 0 Å². The predicted octanol–water partition coefficient (Wildman–Crippen LogP) is 3.77. The number of nitriles is 1. The first-order valence-electron chi connectivity index (χ1n) is 5.51. The summed E-state index contributed by atoms with van der Waals surface area (Å²) in [6.07, 6.45) is 3.51. The smallest absolute Gasteiger partial charge is 0.100 e. The van der Waals surface area contributed by atoms with E-state index in [1.807, 2.05) is 5.38 Å². The van der Waals surface area contributed by atoms with Crippen LogP contribution in [0, 0.1) is 22.7 Å².